The summed E-state index contributed by atoms with van der Waals surface area (Å²) in [6.07, 6.45) is 1.25. The van der Waals surface area contributed by atoms with Crippen LogP contribution in [0.4, 0.5) is 5.69 Å². The second kappa shape index (κ2) is 8.45. The first-order valence-electron chi connectivity index (χ1n) is 7.92. The van der Waals surface area contributed by atoms with Crippen LogP contribution in [0.1, 0.15) is 26.7 Å². The van der Waals surface area contributed by atoms with E-state index in [2.05, 4.69) is 21.2 Å². The summed E-state index contributed by atoms with van der Waals surface area (Å²) in [5.41, 5.74) is 0.832. The standard InChI is InChI=1S/C17H23BrN2O3/c1-12(2)23-9-3-8-19-17(22)13-10-16(21)20(11-13)15-6-4-14(18)5-7-15/h4-7,12-13H,3,8-11H2,1-2H3,(H,19,22). The van der Waals surface area contributed by atoms with Crippen LogP contribution in [0.3, 0.4) is 0 Å². The van der Waals surface area contributed by atoms with Crippen LogP contribution in [0.5, 0.6) is 0 Å². The number of carbonyl (C=O) groups is 2. The minimum atomic E-state index is -0.280. The molecular formula is C17H23BrN2O3. The summed E-state index contributed by atoms with van der Waals surface area (Å²) in [5.74, 6) is -0.338. The first kappa shape index (κ1) is 17.9. The number of nitrogens with zero attached hydrogens (tertiary/aromatic N) is 1. The molecule has 0 aromatic heterocycles. The summed E-state index contributed by atoms with van der Waals surface area (Å²) in [7, 11) is 0. The normalized spacial score (nSPS) is 17.8. The van der Waals surface area contributed by atoms with Crippen LogP contribution in [-0.4, -0.2) is 37.6 Å². The number of ether oxygens (including phenoxy) is 1. The Morgan fingerprint density at radius 1 is 1.39 bits per heavy atom. The van der Waals surface area contributed by atoms with E-state index in [4.69, 9.17) is 4.74 Å². The topological polar surface area (TPSA) is 58.6 Å². The van der Waals surface area contributed by atoms with Crippen LogP contribution in [0.2, 0.25) is 0 Å². The summed E-state index contributed by atoms with van der Waals surface area (Å²) in [6.45, 7) is 5.62. The van der Waals surface area contributed by atoms with E-state index in [1.807, 2.05) is 38.1 Å². The van der Waals surface area contributed by atoms with E-state index in [1.165, 1.54) is 0 Å². The number of amides is 2. The second-order valence-corrected chi connectivity index (χ2v) is 6.86. The summed E-state index contributed by atoms with van der Waals surface area (Å²) in [5, 5.41) is 2.89. The van der Waals surface area contributed by atoms with Gasteiger partial charge in [0.15, 0.2) is 0 Å². The molecule has 126 valence electrons. The molecule has 5 nitrogen and oxygen atoms in total. The van der Waals surface area contributed by atoms with E-state index in [-0.39, 0.29) is 30.3 Å². The monoisotopic (exact) mass is 382 g/mol. The first-order valence-corrected chi connectivity index (χ1v) is 8.72. The van der Waals surface area contributed by atoms with Gasteiger partial charge in [-0.25, -0.2) is 0 Å². The van der Waals surface area contributed by atoms with Crippen molar-refractivity contribution < 1.29 is 14.3 Å². The maximum absolute atomic E-state index is 12.2. The highest BCUT2D eigenvalue weighted by Crippen LogP contribution is 2.26. The molecule has 6 heteroatoms. The number of carbonyl (C=O) groups excluding carboxylic acids is 2. The third kappa shape index (κ3) is 5.32. The predicted octanol–water partition coefficient (Wildman–Crippen LogP) is 2.73. The highest BCUT2D eigenvalue weighted by atomic mass is 79.9. The van der Waals surface area contributed by atoms with Gasteiger partial charge in [0.25, 0.3) is 0 Å². The number of hydrogen-bond acceptors (Lipinski definition) is 3. The fourth-order valence-corrected chi connectivity index (χ4v) is 2.77. The fourth-order valence-electron chi connectivity index (χ4n) is 2.50. The van der Waals surface area contributed by atoms with Crippen LogP contribution in [0.15, 0.2) is 28.7 Å². The molecule has 1 aliphatic heterocycles. The third-order valence-corrected chi connectivity index (χ3v) is 4.23. The van der Waals surface area contributed by atoms with Crippen LogP contribution in [-0.2, 0) is 14.3 Å². The van der Waals surface area contributed by atoms with Gasteiger partial charge in [-0.3, -0.25) is 9.59 Å². The number of halogens is 1. The number of rotatable bonds is 7. The lowest BCUT2D eigenvalue weighted by molar-refractivity contribution is -0.126. The van der Waals surface area contributed by atoms with Crippen molar-refractivity contribution >= 4 is 33.4 Å². The Balaban J connectivity index is 1.80. The lowest BCUT2D eigenvalue weighted by Gasteiger charge is -2.17. The van der Waals surface area contributed by atoms with E-state index in [1.54, 1.807) is 4.90 Å². The van der Waals surface area contributed by atoms with Crippen molar-refractivity contribution in [3.05, 3.63) is 28.7 Å². The van der Waals surface area contributed by atoms with Gasteiger partial charge in [-0.05, 0) is 44.5 Å². The summed E-state index contributed by atoms with van der Waals surface area (Å²) in [6, 6.07) is 7.55. The Kier molecular flexibility index (Phi) is 6.59. The molecule has 1 N–H and O–H groups in total. The zero-order valence-corrected chi connectivity index (χ0v) is 15.1. The molecule has 0 aliphatic carbocycles. The number of nitrogens with one attached hydrogen (secondary N) is 1. The molecule has 2 rings (SSSR count). The summed E-state index contributed by atoms with van der Waals surface area (Å²) < 4.78 is 6.40. The van der Waals surface area contributed by atoms with E-state index in [0.717, 1.165) is 16.6 Å². The second-order valence-electron chi connectivity index (χ2n) is 5.95. The van der Waals surface area contributed by atoms with Crippen molar-refractivity contribution in [3.8, 4) is 0 Å². The van der Waals surface area contributed by atoms with E-state index < -0.39 is 0 Å². The summed E-state index contributed by atoms with van der Waals surface area (Å²) in [4.78, 5) is 26.0. The van der Waals surface area contributed by atoms with Gasteiger partial charge in [0, 0.05) is 36.3 Å². The Hall–Kier alpha value is -1.40. The van der Waals surface area contributed by atoms with Crippen molar-refractivity contribution in [1.82, 2.24) is 5.32 Å². The van der Waals surface area contributed by atoms with Crippen LogP contribution in [0, 0.1) is 5.92 Å². The Morgan fingerprint density at radius 3 is 2.74 bits per heavy atom. The van der Waals surface area contributed by atoms with Gasteiger partial charge in [0.2, 0.25) is 11.8 Å². The molecule has 1 aliphatic rings. The molecule has 0 radical (unpaired) electrons. The quantitative estimate of drug-likeness (QED) is 0.737. The maximum atomic E-state index is 12.2. The van der Waals surface area contributed by atoms with Crippen LogP contribution in [0.25, 0.3) is 0 Å². The van der Waals surface area contributed by atoms with Gasteiger partial charge in [-0.2, -0.15) is 0 Å². The van der Waals surface area contributed by atoms with Crippen molar-refractivity contribution in [3.63, 3.8) is 0 Å². The molecule has 1 aromatic carbocycles. The molecule has 1 unspecified atom stereocenters. The van der Waals surface area contributed by atoms with Crippen molar-refractivity contribution in [2.45, 2.75) is 32.8 Å². The molecule has 0 saturated carbocycles. The molecule has 23 heavy (non-hydrogen) atoms. The molecule has 1 atom stereocenters. The average Bonchev–Trinajstić information content (AvgIpc) is 2.89. The number of anilines is 1. The fraction of sp³-hybridized carbons (Fsp3) is 0.529. The first-order chi connectivity index (χ1) is 11.0. The van der Waals surface area contributed by atoms with Crippen molar-refractivity contribution in [2.75, 3.05) is 24.6 Å². The van der Waals surface area contributed by atoms with Gasteiger partial charge in [0.1, 0.15) is 0 Å². The molecular weight excluding hydrogens is 360 g/mol. The number of benzene rings is 1. The van der Waals surface area contributed by atoms with E-state index in [9.17, 15) is 9.59 Å². The lowest BCUT2D eigenvalue weighted by Crippen LogP contribution is -2.34. The number of hydrogen-bond donors (Lipinski definition) is 1. The van der Waals surface area contributed by atoms with Gasteiger partial charge >= 0.3 is 0 Å². The van der Waals surface area contributed by atoms with Gasteiger partial charge in [0.05, 0.1) is 12.0 Å². The zero-order chi connectivity index (χ0) is 16.8. The Bertz CT molecular complexity index is 545. The van der Waals surface area contributed by atoms with E-state index in [0.29, 0.717) is 19.7 Å². The van der Waals surface area contributed by atoms with Gasteiger partial charge < -0.3 is 15.0 Å². The minimum Gasteiger partial charge on any atom is -0.379 e. The zero-order valence-electron chi connectivity index (χ0n) is 13.5. The Morgan fingerprint density at radius 2 is 2.09 bits per heavy atom. The van der Waals surface area contributed by atoms with Gasteiger partial charge in [-0.15, -0.1) is 0 Å². The molecule has 0 bridgehead atoms. The molecule has 2 amide bonds. The summed E-state index contributed by atoms with van der Waals surface area (Å²) >= 11 is 3.38. The highest BCUT2D eigenvalue weighted by Gasteiger charge is 2.34. The smallest absolute Gasteiger partial charge is 0.227 e. The lowest BCUT2D eigenvalue weighted by atomic mass is 10.1. The van der Waals surface area contributed by atoms with Crippen molar-refractivity contribution in [1.29, 1.82) is 0 Å². The minimum absolute atomic E-state index is 0.00406. The van der Waals surface area contributed by atoms with Crippen LogP contribution < -0.4 is 10.2 Å². The molecule has 1 aromatic rings. The van der Waals surface area contributed by atoms with Gasteiger partial charge in [-0.1, -0.05) is 15.9 Å². The third-order valence-electron chi connectivity index (χ3n) is 3.71. The predicted molar refractivity (Wildman–Crippen MR) is 93.3 cm³/mol. The average molecular weight is 383 g/mol. The van der Waals surface area contributed by atoms with E-state index >= 15 is 0 Å². The van der Waals surface area contributed by atoms with Crippen molar-refractivity contribution in [2.24, 2.45) is 5.92 Å². The molecule has 1 saturated heterocycles. The molecule has 1 fully saturated rings. The van der Waals surface area contributed by atoms with Crippen LogP contribution >= 0.6 is 15.9 Å². The SMILES string of the molecule is CC(C)OCCCNC(=O)C1CC(=O)N(c2ccc(Br)cc2)C1. The molecule has 0 spiro atoms. The maximum Gasteiger partial charge on any atom is 0.227 e. The largest absolute Gasteiger partial charge is 0.379 e. The molecule has 1 heterocycles. The highest BCUT2D eigenvalue weighted by molar-refractivity contribution is 9.10. The Labute approximate surface area is 145 Å².